The number of anilines is 1. The predicted octanol–water partition coefficient (Wildman–Crippen LogP) is 3.96. The first-order chi connectivity index (χ1) is 15.2. The summed E-state index contributed by atoms with van der Waals surface area (Å²) in [5, 5.41) is 0. The molecule has 2 aromatic rings. The van der Waals surface area contributed by atoms with Crippen molar-refractivity contribution < 1.29 is 23.8 Å². The van der Waals surface area contributed by atoms with Crippen molar-refractivity contribution >= 4 is 17.7 Å². The standard InChI is InChI=1S/C25H30N2O5/c1-25(2,3)32-24(29)26-11-9-18-13-21-22(14-19(18)10-12-26)31-16-23(28)27(21)15-17-5-7-20(30-4)8-6-17/h5-8,13-14H,9-12,15-16H2,1-4H3. The Hall–Kier alpha value is -3.22. The molecule has 0 N–H and O–H groups in total. The molecule has 0 aromatic heterocycles. The molecule has 0 radical (unpaired) electrons. The van der Waals surface area contributed by atoms with Crippen molar-refractivity contribution in [3.63, 3.8) is 0 Å². The molecule has 4 rings (SSSR count). The Labute approximate surface area is 188 Å². The van der Waals surface area contributed by atoms with Crippen LogP contribution in [0.15, 0.2) is 36.4 Å². The molecule has 0 atom stereocenters. The largest absolute Gasteiger partial charge is 0.497 e. The number of ether oxygens (including phenoxy) is 3. The Morgan fingerprint density at radius 2 is 1.72 bits per heavy atom. The van der Waals surface area contributed by atoms with E-state index in [0.717, 1.165) is 34.5 Å². The minimum atomic E-state index is -0.522. The van der Waals surface area contributed by atoms with Crippen LogP contribution in [0.2, 0.25) is 0 Å². The van der Waals surface area contributed by atoms with Gasteiger partial charge in [-0.25, -0.2) is 4.79 Å². The average molecular weight is 439 g/mol. The van der Waals surface area contributed by atoms with Crippen LogP contribution in [0.3, 0.4) is 0 Å². The summed E-state index contributed by atoms with van der Waals surface area (Å²) in [6, 6.07) is 11.8. The van der Waals surface area contributed by atoms with Gasteiger partial charge in [-0.15, -0.1) is 0 Å². The molecule has 7 heteroatoms. The molecule has 0 unspecified atom stereocenters. The zero-order valence-corrected chi connectivity index (χ0v) is 19.1. The van der Waals surface area contributed by atoms with Gasteiger partial charge in [-0.2, -0.15) is 0 Å². The average Bonchev–Trinajstić information content (AvgIpc) is 2.96. The highest BCUT2D eigenvalue weighted by Gasteiger charge is 2.29. The molecule has 2 aromatic carbocycles. The van der Waals surface area contributed by atoms with Gasteiger partial charge in [-0.1, -0.05) is 12.1 Å². The second-order valence-electron chi connectivity index (χ2n) is 9.17. The molecule has 2 aliphatic rings. The minimum absolute atomic E-state index is 0.0198. The van der Waals surface area contributed by atoms with Gasteiger partial charge < -0.3 is 24.0 Å². The number of hydrogen-bond acceptors (Lipinski definition) is 5. The van der Waals surface area contributed by atoms with Gasteiger partial charge in [0.05, 0.1) is 19.3 Å². The third-order valence-electron chi connectivity index (χ3n) is 5.68. The lowest BCUT2D eigenvalue weighted by Gasteiger charge is -2.30. The predicted molar refractivity (Wildman–Crippen MR) is 121 cm³/mol. The normalized spacial score (nSPS) is 15.9. The van der Waals surface area contributed by atoms with E-state index in [0.29, 0.717) is 31.8 Å². The molecule has 0 spiro atoms. The van der Waals surface area contributed by atoms with E-state index in [1.807, 2.05) is 57.2 Å². The van der Waals surface area contributed by atoms with Gasteiger partial charge in [0.25, 0.3) is 5.91 Å². The number of nitrogens with zero attached hydrogens (tertiary/aromatic N) is 2. The number of amides is 2. The summed E-state index contributed by atoms with van der Waals surface area (Å²) in [6.45, 7) is 7.27. The summed E-state index contributed by atoms with van der Waals surface area (Å²) in [7, 11) is 1.63. The molecule has 2 amide bonds. The number of hydrogen-bond donors (Lipinski definition) is 0. The summed E-state index contributed by atoms with van der Waals surface area (Å²) in [5.74, 6) is 1.42. The molecule has 0 saturated heterocycles. The molecular formula is C25H30N2O5. The fourth-order valence-electron chi connectivity index (χ4n) is 4.02. The fraction of sp³-hybridized carbons (Fsp3) is 0.440. The maximum Gasteiger partial charge on any atom is 0.410 e. The molecule has 7 nitrogen and oxygen atoms in total. The van der Waals surface area contributed by atoms with E-state index in [1.54, 1.807) is 16.9 Å². The summed E-state index contributed by atoms with van der Waals surface area (Å²) in [6.07, 6.45) is 1.13. The third kappa shape index (κ3) is 4.82. The van der Waals surface area contributed by atoms with Crippen LogP contribution in [-0.2, 0) is 28.9 Å². The number of carbonyl (C=O) groups is 2. The summed E-state index contributed by atoms with van der Waals surface area (Å²) in [4.78, 5) is 28.8. The van der Waals surface area contributed by atoms with Crippen molar-refractivity contribution in [1.82, 2.24) is 4.90 Å². The zero-order chi connectivity index (χ0) is 22.9. The number of methoxy groups -OCH3 is 1. The first-order valence-electron chi connectivity index (χ1n) is 10.9. The van der Waals surface area contributed by atoms with Crippen molar-refractivity contribution in [2.75, 3.05) is 31.7 Å². The lowest BCUT2D eigenvalue weighted by Crippen LogP contribution is -2.38. The van der Waals surface area contributed by atoms with Gasteiger partial charge in [0.15, 0.2) is 6.61 Å². The van der Waals surface area contributed by atoms with Gasteiger partial charge in [-0.3, -0.25) is 4.79 Å². The van der Waals surface area contributed by atoms with Crippen LogP contribution in [0.1, 0.15) is 37.5 Å². The quantitative estimate of drug-likeness (QED) is 0.726. The second-order valence-corrected chi connectivity index (χ2v) is 9.17. The van der Waals surface area contributed by atoms with Crippen LogP contribution in [-0.4, -0.2) is 49.3 Å². The second kappa shape index (κ2) is 8.73. The number of benzene rings is 2. The summed E-state index contributed by atoms with van der Waals surface area (Å²) in [5.41, 5.74) is 3.55. The molecule has 0 saturated carbocycles. The van der Waals surface area contributed by atoms with Crippen LogP contribution in [0.25, 0.3) is 0 Å². The van der Waals surface area contributed by atoms with Crippen LogP contribution in [0, 0.1) is 0 Å². The van der Waals surface area contributed by atoms with E-state index in [-0.39, 0.29) is 18.6 Å². The minimum Gasteiger partial charge on any atom is -0.497 e. The van der Waals surface area contributed by atoms with Gasteiger partial charge in [-0.05, 0) is 74.6 Å². The van der Waals surface area contributed by atoms with Crippen molar-refractivity contribution in [2.24, 2.45) is 0 Å². The molecule has 0 bridgehead atoms. The van der Waals surface area contributed by atoms with Gasteiger partial charge in [0.2, 0.25) is 0 Å². The zero-order valence-electron chi connectivity index (χ0n) is 19.1. The third-order valence-corrected chi connectivity index (χ3v) is 5.68. The van der Waals surface area contributed by atoms with Crippen LogP contribution < -0.4 is 14.4 Å². The van der Waals surface area contributed by atoms with E-state index in [2.05, 4.69) is 0 Å². The Morgan fingerprint density at radius 3 is 2.34 bits per heavy atom. The Balaban J connectivity index is 1.55. The van der Waals surface area contributed by atoms with E-state index < -0.39 is 5.60 Å². The van der Waals surface area contributed by atoms with Crippen molar-refractivity contribution in [1.29, 1.82) is 0 Å². The molecular weight excluding hydrogens is 408 g/mol. The van der Waals surface area contributed by atoms with Crippen molar-refractivity contribution in [2.45, 2.75) is 45.8 Å². The number of rotatable bonds is 3. The highest BCUT2D eigenvalue weighted by molar-refractivity contribution is 5.98. The lowest BCUT2D eigenvalue weighted by atomic mass is 10.00. The first-order valence-corrected chi connectivity index (χ1v) is 10.9. The van der Waals surface area contributed by atoms with Gasteiger partial charge >= 0.3 is 6.09 Å². The fourth-order valence-corrected chi connectivity index (χ4v) is 4.02. The van der Waals surface area contributed by atoms with Gasteiger partial charge in [0, 0.05) is 13.1 Å². The molecule has 2 heterocycles. The first kappa shape index (κ1) is 22.0. The Bertz CT molecular complexity index is 1010. The SMILES string of the molecule is COc1ccc(CN2C(=O)COc3cc4c(cc32)CCN(C(=O)OC(C)(C)C)CC4)cc1. The van der Waals surface area contributed by atoms with E-state index in [9.17, 15) is 9.59 Å². The molecule has 170 valence electrons. The van der Waals surface area contributed by atoms with Crippen LogP contribution in [0.5, 0.6) is 11.5 Å². The number of carbonyl (C=O) groups excluding carboxylic acids is 2. The summed E-state index contributed by atoms with van der Waals surface area (Å²) >= 11 is 0. The van der Waals surface area contributed by atoms with Crippen LogP contribution >= 0.6 is 0 Å². The topological polar surface area (TPSA) is 68.3 Å². The van der Waals surface area contributed by atoms with Crippen LogP contribution in [0.4, 0.5) is 10.5 Å². The van der Waals surface area contributed by atoms with E-state index in [4.69, 9.17) is 14.2 Å². The molecule has 2 aliphatic heterocycles. The Morgan fingerprint density at radius 1 is 1.06 bits per heavy atom. The van der Waals surface area contributed by atoms with Crippen molar-refractivity contribution in [3.05, 3.63) is 53.1 Å². The molecule has 32 heavy (non-hydrogen) atoms. The number of fused-ring (bicyclic) bond motifs is 2. The highest BCUT2D eigenvalue weighted by atomic mass is 16.6. The molecule has 0 fully saturated rings. The van der Waals surface area contributed by atoms with Gasteiger partial charge in [0.1, 0.15) is 17.1 Å². The van der Waals surface area contributed by atoms with E-state index in [1.165, 1.54) is 0 Å². The molecule has 0 aliphatic carbocycles. The maximum absolute atomic E-state index is 12.7. The smallest absolute Gasteiger partial charge is 0.410 e. The Kier molecular flexibility index (Phi) is 6.00. The highest BCUT2D eigenvalue weighted by Crippen LogP contribution is 2.37. The monoisotopic (exact) mass is 438 g/mol. The summed E-state index contributed by atoms with van der Waals surface area (Å²) < 4.78 is 16.5. The lowest BCUT2D eigenvalue weighted by molar-refractivity contribution is -0.121. The maximum atomic E-state index is 12.7. The van der Waals surface area contributed by atoms with E-state index >= 15 is 0 Å². The van der Waals surface area contributed by atoms with Crippen molar-refractivity contribution in [3.8, 4) is 11.5 Å².